The highest BCUT2D eigenvalue weighted by molar-refractivity contribution is 5.75. The van der Waals surface area contributed by atoms with E-state index in [1.165, 1.54) is 12.1 Å². The zero-order valence-corrected chi connectivity index (χ0v) is 20.6. The molecule has 0 heterocycles. The van der Waals surface area contributed by atoms with Crippen LogP contribution < -0.4 is 0 Å². The highest BCUT2D eigenvalue weighted by Crippen LogP contribution is 2.30. The molecule has 0 spiro atoms. The Morgan fingerprint density at radius 3 is 1.64 bits per heavy atom. The molecule has 8 heteroatoms. The molecule has 0 saturated heterocycles. The third-order valence-electron chi connectivity index (χ3n) is 5.89. The number of hydrogen-bond acceptors (Lipinski definition) is 1. The van der Waals surface area contributed by atoms with Crippen molar-refractivity contribution in [2.45, 2.75) is 6.92 Å². The predicted molar refractivity (Wildman–Crippen MR) is 138 cm³/mol. The van der Waals surface area contributed by atoms with Crippen LogP contribution in [0.1, 0.15) is 23.6 Å². The molecule has 0 radical (unpaired) electrons. The molecule has 0 fully saturated rings. The van der Waals surface area contributed by atoms with Crippen LogP contribution in [0.5, 0.6) is 0 Å². The average Bonchev–Trinajstić information content (AvgIpc) is 2.93. The van der Waals surface area contributed by atoms with Gasteiger partial charge in [-0.15, -0.1) is 0 Å². The van der Waals surface area contributed by atoms with Gasteiger partial charge in [0.15, 0.2) is 29.1 Å². The van der Waals surface area contributed by atoms with Crippen LogP contribution in [0.2, 0.25) is 0 Å². The third kappa shape index (κ3) is 6.46. The summed E-state index contributed by atoms with van der Waals surface area (Å²) in [4.78, 5) is 0. The van der Waals surface area contributed by atoms with Crippen molar-refractivity contribution in [3.05, 3.63) is 124 Å². The van der Waals surface area contributed by atoms with Crippen molar-refractivity contribution in [2.24, 2.45) is 0 Å². The Balaban J connectivity index is 1.53. The summed E-state index contributed by atoms with van der Waals surface area (Å²) in [7, 11) is 0. The van der Waals surface area contributed by atoms with Crippen molar-refractivity contribution in [3.63, 3.8) is 0 Å². The largest absolute Gasteiger partial charge is 0.375 e. The zero-order valence-electron chi connectivity index (χ0n) is 20.6. The molecule has 4 aromatic rings. The van der Waals surface area contributed by atoms with E-state index >= 15 is 0 Å². The summed E-state index contributed by atoms with van der Waals surface area (Å²) in [6.07, 6.45) is 2.08. The molecule has 0 bridgehead atoms. The Morgan fingerprint density at radius 1 is 0.641 bits per heavy atom. The molecule has 4 aromatic carbocycles. The molecule has 0 saturated carbocycles. The fourth-order valence-corrected chi connectivity index (χ4v) is 3.84. The van der Waals surface area contributed by atoms with Gasteiger partial charge in [0.2, 0.25) is 0 Å². The molecular weight excluding hydrogens is 521 g/mol. The van der Waals surface area contributed by atoms with E-state index in [2.05, 4.69) is 0 Å². The number of ether oxygens (including phenoxy) is 1. The van der Waals surface area contributed by atoms with Gasteiger partial charge in [0, 0.05) is 17.7 Å². The first-order valence-corrected chi connectivity index (χ1v) is 11.8. The monoisotopic (exact) mass is 542 g/mol. The normalized spacial score (nSPS) is 12.2. The summed E-state index contributed by atoms with van der Waals surface area (Å²) in [6.45, 7) is 1.49. The Morgan fingerprint density at radius 2 is 1.13 bits per heavy atom. The topological polar surface area (TPSA) is 9.23 Å². The van der Waals surface area contributed by atoms with E-state index in [9.17, 15) is 30.7 Å². The maximum absolute atomic E-state index is 14.7. The van der Waals surface area contributed by atoms with Gasteiger partial charge in [0.1, 0.15) is 18.2 Å². The van der Waals surface area contributed by atoms with Gasteiger partial charge in [0.05, 0.1) is 0 Å². The van der Waals surface area contributed by atoms with Crippen molar-refractivity contribution in [1.82, 2.24) is 0 Å². The van der Waals surface area contributed by atoms with Crippen LogP contribution in [-0.4, -0.2) is 13.2 Å². The molecule has 0 N–H and O–H groups in total. The smallest absolute Gasteiger partial charge is 0.194 e. The van der Waals surface area contributed by atoms with Crippen LogP contribution in [0, 0.1) is 29.1 Å². The van der Waals surface area contributed by atoms with Gasteiger partial charge >= 0.3 is 0 Å². The maximum Gasteiger partial charge on any atom is 0.194 e. The molecule has 0 aliphatic heterocycles. The van der Waals surface area contributed by atoms with Crippen molar-refractivity contribution in [3.8, 4) is 22.3 Å². The summed E-state index contributed by atoms with van der Waals surface area (Å²) in [5.41, 5.74) is 1.76. The molecule has 0 aliphatic carbocycles. The number of hydrogen-bond donors (Lipinski definition) is 0. The first-order valence-electron chi connectivity index (χ1n) is 11.8. The summed E-state index contributed by atoms with van der Waals surface area (Å²) in [6, 6.07) is 16.5. The summed E-state index contributed by atoms with van der Waals surface area (Å²) in [5.74, 6) is -8.27. The van der Waals surface area contributed by atoms with Crippen LogP contribution in [0.4, 0.5) is 30.7 Å². The molecule has 0 aromatic heterocycles. The lowest BCUT2D eigenvalue weighted by molar-refractivity contribution is 0.155. The van der Waals surface area contributed by atoms with Gasteiger partial charge in [-0.25, -0.2) is 30.7 Å². The molecule has 39 heavy (non-hydrogen) atoms. The van der Waals surface area contributed by atoms with Gasteiger partial charge in [0.25, 0.3) is 0 Å². The van der Waals surface area contributed by atoms with Crippen LogP contribution in [0.15, 0.2) is 78.6 Å². The first kappa shape index (κ1) is 27.9. The van der Waals surface area contributed by atoms with Crippen molar-refractivity contribution in [2.75, 3.05) is 13.2 Å². The van der Waals surface area contributed by atoms with Crippen molar-refractivity contribution in [1.29, 1.82) is 0 Å². The van der Waals surface area contributed by atoms with Crippen LogP contribution in [0.3, 0.4) is 0 Å². The minimum absolute atomic E-state index is 0.0716. The molecule has 0 amide bonds. The molecule has 0 atom stereocenters. The quantitative estimate of drug-likeness (QED) is 0.122. The lowest BCUT2D eigenvalue weighted by Gasteiger charge is -2.08. The van der Waals surface area contributed by atoms with E-state index in [0.717, 1.165) is 35.4 Å². The van der Waals surface area contributed by atoms with Crippen molar-refractivity contribution >= 4 is 18.0 Å². The Labute approximate surface area is 220 Å². The Hall–Kier alpha value is -4.17. The van der Waals surface area contributed by atoms with E-state index in [1.54, 1.807) is 43.3 Å². The molecule has 0 unspecified atom stereocenters. The zero-order chi connectivity index (χ0) is 28.1. The Kier molecular flexibility index (Phi) is 8.66. The standard InChI is InChI=1S/C31H21F7O/c1-2-39-17-29(36)30(37)22-10-8-20(9-11-22)19-4-6-21(7-5-19)23-15-25(32)24(26(33)16-23)12-3-18-13-27(34)31(38)28(35)14-18/h3-16H,2,17H2,1H3/b12-3+,30-29+. The number of benzene rings is 4. The predicted octanol–water partition coefficient (Wildman–Crippen LogP) is 9.53. The summed E-state index contributed by atoms with van der Waals surface area (Å²) < 4.78 is 102. The van der Waals surface area contributed by atoms with Crippen LogP contribution >= 0.6 is 0 Å². The second kappa shape index (κ2) is 12.1. The van der Waals surface area contributed by atoms with E-state index in [0.29, 0.717) is 17.7 Å². The second-order valence-electron chi connectivity index (χ2n) is 8.50. The lowest BCUT2D eigenvalue weighted by Crippen LogP contribution is -1.95. The molecule has 0 aliphatic rings. The van der Waals surface area contributed by atoms with Gasteiger partial charge in [-0.3, -0.25) is 0 Å². The van der Waals surface area contributed by atoms with Crippen LogP contribution in [0.25, 0.3) is 40.2 Å². The lowest BCUT2D eigenvalue weighted by atomic mass is 9.98. The van der Waals surface area contributed by atoms with Gasteiger partial charge in [-0.05, 0) is 65.1 Å². The second-order valence-corrected chi connectivity index (χ2v) is 8.50. The fourth-order valence-electron chi connectivity index (χ4n) is 3.84. The summed E-state index contributed by atoms with van der Waals surface area (Å²) >= 11 is 0. The Bertz CT molecular complexity index is 1490. The van der Waals surface area contributed by atoms with E-state index in [1.807, 2.05) is 0 Å². The van der Waals surface area contributed by atoms with Crippen LogP contribution in [-0.2, 0) is 4.74 Å². The number of rotatable bonds is 8. The highest BCUT2D eigenvalue weighted by Gasteiger charge is 2.13. The fraction of sp³-hybridized carbons (Fsp3) is 0.0968. The van der Waals surface area contributed by atoms with Gasteiger partial charge in [-0.2, -0.15) is 0 Å². The minimum Gasteiger partial charge on any atom is -0.375 e. The highest BCUT2D eigenvalue weighted by atomic mass is 19.2. The van der Waals surface area contributed by atoms with Crippen molar-refractivity contribution < 1.29 is 35.5 Å². The van der Waals surface area contributed by atoms with Gasteiger partial charge < -0.3 is 4.74 Å². The molecule has 200 valence electrons. The third-order valence-corrected chi connectivity index (χ3v) is 5.89. The van der Waals surface area contributed by atoms with Gasteiger partial charge in [-0.1, -0.05) is 54.6 Å². The SMILES string of the molecule is CCOC/C(F)=C(\F)c1ccc(-c2ccc(-c3cc(F)c(/C=C/c4cc(F)c(F)c(F)c4)c(F)c3)cc2)cc1. The van der Waals surface area contributed by atoms with E-state index in [4.69, 9.17) is 4.74 Å². The van der Waals surface area contributed by atoms with E-state index in [-0.39, 0.29) is 23.3 Å². The minimum atomic E-state index is -1.63. The van der Waals surface area contributed by atoms with E-state index < -0.39 is 52.9 Å². The maximum atomic E-state index is 14.7. The molecule has 1 nitrogen and oxygen atoms in total. The first-order chi connectivity index (χ1) is 18.7. The molecule has 4 rings (SSSR count). The number of halogens is 7. The molecular formula is C31H21F7O. The average molecular weight is 542 g/mol. The summed E-state index contributed by atoms with van der Waals surface area (Å²) in [5, 5.41) is 0.